The molecule has 2 aliphatic rings. The summed E-state index contributed by atoms with van der Waals surface area (Å²) in [5, 5.41) is 0. The van der Waals surface area contributed by atoms with Crippen LogP contribution in [-0.4, -0.2) is 43.3 Å². The summed E-state index contributed by atoms with van der Waals surface area (Å²) in [4.78, 5) is 2.66. The molecular formula is C15H30N2O. The number of rotatable bonds is 4. The minimum Gasteiger partial charge on any atom is -0.380 e. The van der Waals surface area contributed by atoms with Gasteiger partial charge in [0.25, 0.3) is 0 Å². The molecule has 0 spiro atoms. The zero-order valence-corrected chi connectivity index (χ0v) is 12.3. The highest BCUT2D eigenvalue weighted by molar-refractivity contribution is 5.03. The van der Waals surface area contributed by atoms with Crippen LogP contribution < -0.4 is 5.73 Å². The molecule has 3 heteroatoms. The first-order chi connectivity index (χ1) is 8.64. The fourth-order valence-electron chi connectivity index (χ4n) is 4.30. The van der Waals surface area contributed by atoms with E-state index < -0.39 is 0 Å². The second-order valence-electron chi connectivity index (χ2n) is 6.50. The molecule has 3 nitrogen and oxygen atoms in total. The predicted octanol–water partition coefficient (Wildman–Crippen LogP) is 2.25. The fourth-order valence-corrected chi connectivity index (χ4v) is 4.30. The maximum absolute atomic E-state index is 6.25. The third-order valence-electron chi connectivity index (χ3n) is 5.33. The highest BCUT2D eigenvalue weighted by Crippen LogP contribution is 2.43. The van der Waals surface area contributed by atoms with Gasteiger partial charge >= 0.3 is 0 Å². The Morgan fingerprint density at radius 3 is 2.67 bits per heavy atom. The summed E-state index contributed by atoms with van der Waals surface area (Å²) in [6, 6.07) is 0. The molecule has 1 aliphatic carbocycles. The molecule has 0 bridgehead atoms. The van der Waals surface area contributed by atoms with Crippen molar-refractivity contribution >= 4 is 0 Å². The van der Waals surface area contributed by atoms with Gasteiger partial charge in [0.15, 0.2) is 0 Å². The molecule has 0 amide bonds. The standard InChI is InChI=1S/C15H30N2O/c1-12(2)14-6-4-5-8-15(14,11-16)17-9-7-13(10-17)18-3/h12-14H,4-11,16H2,1-3H3. The first kappa shape index (κ1) is 14.3. The van der Waals surface area contributed by atoms with Crippen molar-refractivity contribution in [2.24, 2.45) is 17.6 Å². The van der Waals surface area contributed by atoms with E-state index in [9.17, 15) is 0 Å². The molecule has 1 aliphatic heterocycles. The van der Waals surface area contributed by atoms with Crippen molar-refractivity contribution in [3.8, 4) is 0 Å². The van der Waals surface area contributed by atoms with Gasteiger partial charge in [0, 0.05) is 32.3 Å². The molecule has 0 aromatic carbocycles. The van der Waals surface area contributed by atoms with Crippen LogP contribution in [0.1, 0.15) is 46.0 Å². The summed E-state index contributed by atoms with van der Waals surface area (Å²) >= 11 is 0. The van der Waals surface area contributed by atoms with Gasteiger partial charge in [-0.15, -0.1) is 0 Å². The van der Waals surface area contributed by atoms with Crippen molar-refractivity contribution in [3.05, 3.63) is 0 Å². The van der Waals surface area contributed by atoms with Gasteiger partial charge < -0.3 is 10.5 Å². The summed E-state index contributed by atoms with van der Waals surface area (Å²) in [7, 11) is 1.84. The van der Waals surface area contributed by atoms with E-state index in [4.69, 9.17) is 10.5 Å². The van der Waals surface area contributed by atoms with Gasteiger partial charge in [0.2, 0.25) is 0 Å². The summed E-state index contributed by atoms with van der Waals surface area (Å²) in [6.07, 6.45) is 6.94. The van der Waals surface area contributed by atoms with Crippen molar-refractivity contribution in [2.75, 3.05) is 26.7 Å². The molecular weight excluding hydrogens is 224 g/mol. The highest BCUT2D eigenvalue weighted by atomic mass is 16.5. The Labute approximate surface area is 112 Å². The van der Waals surface area contributed by atoms with Gasteiger partial charge in [-0.3, -0.25) is 4.90 Å². The zero-order valence-electron chi connectivity index (χ0n) is 12.3. The Hall–Kier alpha value is -0.120. The minimum absolute atomic E-state index is 0.250. The summed E-state index contributed by atoms with van der Waals surface area (Å²) < 4.78 is 5.53. The number of ether oxygens (including phenoxy) is 1. The molecule has 3 atom stereocenters. The maximum atomic E-state index is 6.25. The molecule has 2 rings (SSSR count). The van der Waals surface area contributed by atoms with Crippen molar-refractivity contribution in [2.45, 2.75) is 57.6 Å². The molecule has 0 aromatic heterocycles. The van der Waals surface area contributed by atoms with Crippen LogP contribution in [0.3, 0.4) is 0 Å². The van der Waals surface area contributed by atoms with Crippen LogP contribution in [0, 0.1) is 11.8 Å². The Morgan fingerprint density at radius 1 is 1.33 bits per heavy atom. The monoisotopic (exact) mass is 254 g/mol. The first-order valence-electron chi connectivity index (χ1n) is 7.62. The molecule has 3 unspecified atom stereocenters. The van der Waals surface area contributed by atoms with E-state index in [1.165, 1.54) is 38.6 Å². The van der Waals surface area contributed by atoms with Crippen LogP contribution >= 0.6 is 0 Å². The molecule has 2 fully saturated rings. The van der Waals surface area contributed by atoms with E-state index in [0.717, 1.165) is 24.9 Å². The van der Waals surface area contributed by atoms with E-state index in [0.29, 0.717) is 6.10 Å². The molecule has 1 saturated heterocycles. The fraction of sp³-hybridized carbons (Fsp3) is 1.00. The van der Waals surface area contributed by atoms with E-state index in [-0.39, 0.29) is 5.54 Å². The number of methoxy groups -OCH3 is 1. The third kappa shape index (κ3) is 2.45. The smallest absolute Gasteiger partial charge is 0.0710 e. The predicted molar refractivity (Wildman–Crippen MR) is 75.6 cm³/mol. The van der Waals surface area contributed by atoms with Crippen molar-refractivity contribution in [3.63, 3.8) is 0 Å². The number of hydrogen-bond acceptors (Lipinski definition) is 3. The Kier molecular flexibility index (Phi) is 4.68. The van der Waals surface area contributed by atoms with Gasteiger partial charge in [0.1, 0.15) is 0 Å². The lowest BCUT2D eigenvalue weighted by atomic mass is 9.67. The minimum atomic E-state index is 0.250. The SMILES string of the molecule is COC1CCN(C2(CN)CCCCC2C(C)C)C1. The van der Waals surface area contributed by atoms with Crippen LogP contribution in [0.25, 0.3) is 0 Å². The quantitative estimate of drug-likeness (QED) is 0.836. The van der Waals surface area contributed by atoms with Gasteiger partial charge in [0.05, 0.1) is 6.10 Å². The van der Waals surface area contributed by atoms with Crippen LogP contribution in [0.15, 0.2) is 0 Å². The van der Waals surface area contributed by atoms with Gasteiger partial charge in [-0.2, -0.15) is 0 Å². The van der Waals surface area contributed by atoms with Gasteiger partial charge in [-0.05, 0) is 31.1 Å². The first-order valence-corrected chi connectivity index (χ1v) is 7.62. The Bertz CT molecular complexity index is 269. The average molecular weight is 254 g/mol. The normalized spacial score (nSPS) is 38.5. The molecule has 106 valence electrons. The molecule has 1 heterocycles. The number of hydrogen-bond donors (Lipinski definition) is 1. The van der Waals surface area contributed by atoms with Crippen LogP contribution in [-0.2, 0) is 4.74 Å². The van der Waals surface area contributed by atoms with Crippen LogP contribution in [0.4, 0.5) is 0 Å². The van der Waals surface area contributed by atoms with Crippen molar-refractivity contribution in [1.29, 1.82) is 0 Å². The van der Waals surface area contributed by atoms with E-state index in [1.807, 2.05) is 7.11 Å². The van der Waals surface area contributed by atoms with Crippen LogP contribution in [0.2, 0.25) is 0 Å². The lowest BCUT2D eigenvalue weighted by molar-refractivity contribution is -0.00922. The second-order valence-corrected chi connectivity index (χ2v) is 6.50. The van der Waals surface area contributed by atoms with E-state index >= 15 is 0 Å². The Morgan fingerprint density at radius 2 is 2.11 bits per heavy atom. The number of nitrogens with zero attached hydrogens (tertiary/aromatic N) is 1. The van der Waals surface area contributed by atoms with Crippen molar-refractivity contribution in [1.82, 2.24) is 4.90 Å². The molecule has 1 saturated carbocycles. The molecule has 2 N–H and O–H groups in total. The Balaban J connectivity index is 2.16. The van der Waals surface area contributed by atoms with Gasteiger partial charge in [-0.1, -0.05) is 26.7 Å². The maximum Gasteiger partial charge on any atom is 0.0710 e. The highest BCUT2D eigenvalue weighted by Gasteiger charge is 2.47. The van der Waals surface area contributed by atoms with E-state index in [2.05, 4.69) is 18.7 Å². The second kappa shape index (κ2) is 5.89. The lowest BCUT2D eigenvalue weighted by Gasteiger charge is -2.51. The summed E-state index contributed by atoms with van der Waals surface area (Å²) in [5.74, 6) is 1.49. The van der Waals surface area contributed by atoms with E-state index in [1.54, 1.807) is 0 Å². The topological polar surface area (TPSA) is 38.5 Å². The molecule has 0 radical (unpaired) electrons. The third-order valence-corrected chi connectivity index (χ3v) is 5.33. The molecule has 18 heavy (non-hydrogen) atoms. The lowest BCUT2D eigenvalue weighted by Crippen LogP contribution is -2.60. The molecule has 0 aromatic rings. The van der Waals surface area contributed by atoms with Crippen LogP contribution in [0.5, 0.6) is 0 Å². The largest absolute Gasteiger partial charge is 0.380 e. The summed E-state index contributed by atoms with van der Waals surface area (Å²) in [5.41, 5.74) is 6.50. The number of nitrogens with two attached hydrogens (primary N) is 1. The van der Waals surface area contributed by atoms with Gasteiger partial charge in [-0.25, -0.2) is 0 Å². The zero-order chi connectivity index (χ0) is 13.2. The average Bonchev–Trinajstić information content (AvgIpc) is 2.87. The number of likely N-dealkylation sites (tertiary alicyclic amines) is 1. The van der Waals surface area contributed by atoms with Crippen molar-refractivity contribution < 1.29 is 4.74 Å². The summed E-state index contributed by atoms with van der Waals surface area (Å²) in [6.45, 7) is 7.79.